The van der Waals surface area contributed by atoms with Crippen LogP contribution in [0.15, 0.2) is 12.4 Å². The number of aryl methyl sites for hydroxylation is 2. The molecular formula is C14H21ClN4. The van der Waals surface area contributed by atoms with Crippen LogP contribution in [0.4, 0.5) is 0 Å². The number of hydrogen-bond donors (Lipinski definition) is 0. The molecule has 0 spiro atoms. The van der Waals surface area contributed by atoms with Crippen molar-refractivity contribution in [3.8, 4) is 0 Å². The first kappa shape index (κ1) is 14.1. The Kier molecular flexibility index (Phi) is 4.30. The lowest BCUT2D eigenvalue weighted by molar-refractivity contribution is 0.638. The Morgan fingerprint density at radius 1 is 1.32 bits per heavy atom. The predicted octanol–water partition coefficient (Wildman–Crippen LogP) is 3.09. The maximum atomic E-state index is 6.32. The van der Waals surface area contributed by atoms with Crippen LogP contribution in [0.5, 0.6) is 0 Å². The Morgan fingerprint density at radius 2 is 2.05 bits per heavy atom. The van der Waals surface area contributed by atoms with E-state index in [2.05, 4.69) is 23.6 Å². The molecule has 2 aromatic heterocycles. The molecule has 0 fully saturated rings. The van der Waals surface area contributed by atoms with E-state index in [1.807, 2.05) is 31.0 Å². The van der Waals surface area contributed by atoms with E-state index < -0.39 is 0 Å². The van der Waals surface area contributed by atoms with Crippen molar-refractivity contribution < 1.29 is 0 Å². The quantitative estimate of drug-likeness (QED) is 0.789. The molecule has 2 aromatic rings. The predicted molar refractivity (Wildman–Crippen MR) is 77.6 cm³/mol. The van der Waals surface area contributed by atoms with Gasteiger partial charge in [-0.1, -0.05) is 13.8 Å². The monoisotopic (exact) mass is 280 g/mol. The average Bonchev–Trinajstić information content (AvgIpc) is 2.93. The fraction of sp³-hybridized carbons (Fsp3) is 0.571. The Labute approximate surface area is 119 Å². The number of halogens is 1. The van der Waals surface area contributed by atoms with Crippen molar-refractivity contribution in [2.45, 2.75) is 45.5 Å². The van der Waals surface area contributed by atoms with Gasteiger partial charge in [-0.05, 0) is 19.8 Å². The van der Waals surface area contributed by atoms with Crippen LogP contribution in [0.2, 0.25) is 0 Å². The third kappa shape index (κ3) is 2.84. The third-order valence-corrected chi connectivity index (χ3v) is 3.55. The van der Waals surface area contributed by atoms with Crippen molar-refractivity contribution in [2.75, 3.05) is 0 Å². The first-order valence-corrected chi connectivity index (χ1v) is 7.20. The van der Waals surface area contributed by atoms with Gasteiger partial charge in [-0.2, -0.15) is 10.2 Å². The van der Waals surface area contributed by atoms with E-state index in [9.17, 15) is 0 Å². The fourth-order valence-corrected chi connectivity index (χ4v) is 2.77. The summed E-state index contributed by atoms with van der Waals surface area (Å²) in [4.78, 5) is 0. The third-order valence-electron chi connectivity index (χ3n) is 3.33. The molecule has 0 aliphatic rings. The minimum atomic E-state index is 0.00699. The van der Waals surface area contributed by atoms with Gasteiger partial charge in [-0.3, -0.25) is 9.36 Å². The van der Waals surface area contributed by atoms with Gasteiger partial charge in [0.1, 0.15) is 0 Å². The van der Waals surface area contributed by atoms with Crippen molar-refractivity contribution in [3.63, 3.8) is 0 Å². The van der Waals surface area contributed by atoms with Gasteiger partial charge in [0.2, 0.25) is 0 Å². The molecule has 0 bridgehead atoms. The summed E-state index contributed by atoms with van der Waals surface area (Å²) >= 11 is 6.32. The molecule has 0 radical (unpaired) electrons. The standard InChI is InChI=1S/C14H21ClN4/c1-5-12-14(10(3)15)13(6-2)19(17-12)9-11-7-16-18(4)8-11/h7-8,10H,5-6,9H2,1-4H3. The Morgan fingerprint density at radius 3 is 2.53 bits per heavy atom. The minimum absolute atomic E-state index is 0.00699. The number of nitrogens with zero attached hydrogens (tertiary/aromatic N) is 4. The van der Waals surface area contributed by atoms with E-state index in [-0.39, 0.29) is 5.38 Å². The van der Waals surface area contributed by atoms with Crippen LogP contribution in [-0.2, 0) is 26.4 Å². The second kappa shape index (κ2) is 5.78. The number of hydrogen-bond acceptors (Lipinski definition) is 2. The molecule has 0 aliphatic heterocycles. The topological polar surface area (TPSA) is 35.6 Å². The molecule has 0 aromatic carbocycles. The summed E-state index contributed by atoms with van der Waals surface area (Å²) in [6.07, 6.45) is 5.77. The summed E-state index contributed by atoms with van der Waals surface area (Å²) in [6.45, 7) is 7.05. The van der Waals surface area contributed by atoms with Gasteiger partial charge < -0.3 is 0 Å². The first-order chi connectivity index (χ1) is 9.06. The van der Waals surface area contributed by atoms with Gasteiger partial charge in [0.25, 0.3) is 0 Å². The molecule has 0 N–H and O–H groups in total. The molecule has 0 saturated heterocycles. The summed E-state index contributed by atoms with van der Waals surface area (Å²) in [5, 5.41) is 8.93. The van der Waals surface area contributed by atoms with Crippen molar-refractivity contribution >= 4 is 11.6 Å². The van der Waals surface area contributed by atoms with Crippen molar-refractivity contribution in [1.82, 2.24) is 19.6 Å². The van der Waals surface area contributed by atoms with Crippen LogP contribution in [0.3, 0.4) is 0 Å². The Hall–Kier alpha value is -1.29. The second-order valence-electron chi connectivity index (χ2n) is 4.81. The fourth-order valence-electron chi connectivity index (χ4n) is 2.52. The number of rotatable bonds is 5. The smallest absolute Gasteiger partial charge is 0.0693 e. The van der Waals surface area contributed by atoms with Crippen LogP contribution in [0, 0.1) is 0 Å². The molecular weight excluding hydrogens is 260 g/mol. The number of alkyl halides is 1. The summed E-state index contributed by atoms with van der Waals surface area (Å²) in [5.41, 5.74) is 4.72. The molecule has 0 saturated carbocycles. The van der Waals surface area contributed by atoms with E-state index in [1.165, 1.54) is 11.3 Å². The van der Waals surface area contributed by atoms with Crippen molar-refractivity contribution in [2.24, 2.45) is 7.05 Å². The van der Waals surface area contributed by atoms with Gasteiger partial charge in [-0.25, -0.2) is 0 Å². The number of aromatic nitrogens is 4. The van der Waals surface area contributed by atoms with Crippen LogP contribution >= 0.6 is 11.6 Å². The molecule has 0 amide bonds. The summed E-state index contributed by atoms with van der Waals surface area (Å²) in [7, 11) is 1.93. The highest BCUT2D eigenvalue weighted by atomic mass is 35.5. The van der Waals surface area contributed by atoms with E-state index in [4.69, 9.17) is 16.7 Å². The maximum Gasteiger partial charge on any atom is 0.0693 e. The Bertz CT molecular complexity index is 554. The lowest BCUT2D eigenvalue weighted by atomic mass is 10.1. The first-order valence-electron chi connectivity index (χ1n) is 6.76. The zero-order valence-corrected chi connectivity index (χ0v) is 12.8. The summed E-state index contributed by atoms with van der Waals surface area (Å²) in [6, 6.07) is 0. The lowest BCUT2D eigenvalue weighted by Gasteiger charge is -2.08. The minimum Gasteiger partial charge on any atom is -0.275 e. The lowest BCUT2D eigenvalue weighted by Crippen LogP contribution is -2.06. The largest absolute Gasteiger partial charge is 0.275 e. The highest BCUT2D eigenvalue weighted by molar-refractivity contribution is 6.20. The van der Waals surface area contributed by atoms with E-state index in [0.717, 1.165) is 30.6 Å². The SMILES string of the molecule is CCc1nn(Cc2cnn(C)c2)c(CC)c1C(C)Cl. The zero-order valence-electron chi connectivity index (χ0n) is 12.0. The highest BCUT2D eigenvalue weighted by Crippen LogP contribution is 2.28. The van der Waals surface area contributed by atoms with Gasteiger partial charge in [0.15, 0.2) is 0 Å². The molecule has 2 rings (SSSR count). The molecule has 0 aliphatic carbocycles. The average molecular weight is 281 g/mol. The van der Waals surface area contributed by atoms with Crippen LogP contribution in [0.1, 0.15) is 48.7 Å². The molecule has 4 nitrogen and oxygen atoms in total. The van der Waals surface area contributed by atoms with Gasteiger partial charge >= 0.3 is 0 Å². The van der Waals surface area contributed by atoms with Crippen LogP contribution < -0.4 is 0 Å². The molecule has 1 unspecified atom stereocenters. The molecule has 104 valence electrons. The highest BCUT2D eigenvalue weighted by Gasteiger charge is 2.19. The van der Waals surface area contributed by atoms with Crippen LogP contribution in [-0.4, -0.2) is 19.6 Å². The summed E-state index contributed by atoms with van der Waals surface area (Å²) in [5.74, 6) is 0. The van der Waals surface area contributed by atoms with Crippen molar-refractivity contribution in [3.05, 3.63) is 34.9 Å². The Balaban J connectivity index is 2.39. The van der Waals surface area contributed by atoms with Crippen LogP contribution in [0.25, 0.3) is 0 Å². The van der Waals surface area contributed by atoms with E-state index in [0.29, 0.717) is 0 Å². The molecule has 2 heterocycles. The van der Waals surface area contributed by atoms with Gasteiger partial charge in [0, 0.05) is 30.1 Å². The maximum absolute atomic E-state index is 6.32. The van der Waals surface area contributed by atoms with E-state index in [1.54, 1.807) is 0 Å². The molecule has 1 atom stereocenters. The second-order valence-corrected chi connectivity index (χ2v) is 5.46. The zero-order chi connectivity index (χ0) is 14.0. The van der Waals surface area contributed by atoms with E-state index >= 15 is 0 Å². The van der Waals surface area contributed by atoms with Gasteiger partial charge in [0.05, 0.1) is 23.8 Å². The molecule has 5 heteroatoms. The molecule has 19 heavy (non-hydrogen) atoms. The van der Waals surface area contributed by atoms with Gasteiger partial charge in [-0.15, -0.1) is 11.6 Å². The normalized spacial score (nSPS) is 12.9. The van der Waals surface area contributed by atoms with Crippen molar-refractivity contribution in [1.29, 1.82) is 0 Å². The summed E-state index contributed by atoms with van der Waals surface area (Å²) < 4.78 is 3.89.